The number of carbonyl (C=O) groups is 1. The predicted octanol–water partition coefficient (Wildman–Crippen LogP) is 3.18. The van der Waals surface area contributed by atoms with Crippen LogP contribution in [-0.4, -0.2) is 37.3 Å². The third-order valence-corrected chi connectivity index (χ3v) is 6.75. The topological polar surface area (TPSA) is 92.5 Å². The van der Waals surface area contributed by atoms with Crippen LogP contribution in [0.25, 0.3) is 0 Å². The lowest BCUT2D eigenvalue weighted by Crippen LogP contribution is -2.31. The highest BCUT2D eigenvalue weighted by Gasteiger charge is 2.25. The van der Waals surface area contributed by atoms with Crippen molar-refractivity contribution in [2.45, 2.75) is 59.9 Å². The van der Waals surface area contributed by atoms with Crippen LogP contribution in [0.4, 0.5) is 0 Å². The highest BCUT2D eigenvalue weighted by atomic mass is 32.2. The molecule has 0 unspecified atom stereocenters. The maximum Gasteiger partial charge on any atom is 0.276 e. The molecule has 8 heteroatoms. The van der Waals surface area contributed by atoms with E-state index in [1.807, 2.05) is 33.8 Å². The Morgan fingerprint density at radius 1 is 1.07 bits per heavy atom. The summed E-state index contributed by atoms with van der Waals surface area (Å²) in [6, 6.07) is 1.98. The van der Waals surface area contributed by atoms with Gasteiger partial charge in [-0.3, -0.25) is 4.79 Å². The second-order valence-electron chi connectivity index (χ2n) is 6.90. The van der Waals surface area contributed by atoms with E-state index in [9.17, 15) is 13.2 Å². The Kier molecular flexibility index (Phi) is 6.67. The molecule has 154 valence electrons. The smallest absolute Gasteiger partial charge is 0.276 e. The Hall–Kier alpha value is -2.19. The molecule has 1 heterocycles. The van der Waals surface area contributed by atoms with Gasteiger partial charge in [-0.05, 0) is 70.7 Å². The summed E-state index contributed by atoms with van der Waals surface area (Å²) in [4.78, 5) is 18.6. The zero-order valence-corrected chi connectivity index (χ0v) is 18.5. The molecule has 1 N–H and O–H groups in total. The largest absolute Gasteiger partial charge is 0.444 e. The summed E-state index contributed by atoms with van der Waals surface area (Å²) in [6.07, 6.45) is 0. The number of sulfonamides is 1. The van der Waals surface area contributed by atoms with Crippen LogP contribution in [0.15, 0.2) is 15.4 Å². The molecule has 0 saturated carbocycles. The fraction of sp³-hybridized carbons (Fsp3) is 0.500. The van der Waals surface area contributed by atoms with Crippen molar-refractivity contribution >= 4 is 15.9 Å². The van der Waals surface area contributed by atoms with E-state index in [4.69, 9.17) is 4.42 Å². The van der Waals surface area contributed by atoms with Crippen molar-refractivity contribution in [2.75, 3.05) is 13.1 Å². The van der Waals surface area contributed by atoms with Crippen LogP contribution in [0.1, 0.15) is 58.2 Å². The minimum absolute atomic E-state index is 0.124. The van der Waals surface area contributed by atoms with Crippen LogP contribution < -0.4 is 4.72 Å². The molecule has 7 nitrogen and oxygen atoms in total. The number of nitrogens with zero attached hydrogens (tertiary/aromatic N) is 2. The Balaban J connectivity index is 2.28. The SMILES string of the molecule is CCN(CC)C(=O)c1nc(CNS(=O)(=O)c2c(C)c(C)cc(C)c2C)oc1C. The first-order chi connectivity index (χ1) is 13.0. The summed E-state index contributed by atoms with van der Waals surface area (Å²) in [5, 5.41) is 0. The molecule has 0 saturated heterocycles. The van der Waals surface area contributed by atoms with E-state index in [1.165, 1.54) is 0 Å². The van der Waals surface area contributed by atoms with E-state index in [0.717, 1.165) is 22.3 Å². The van der Waals surface area contributed by atoms with Crippen LogP contribution in [0.3, 0.4) is 0 Å². The summed E-state index contributed by atoms with van der Waals surface area (Å²) < 4.78 is 33.9. The van der Waals surface area contributed by atoms with Gasteiger partial charge in [0.15, 0.2) is 5.69 Å². The van der Waals surface area contributed by atoms with Crippen LogP contribution in [0.2, 0.25) is 0 Å². The van der Waals surface area contributed by atoms with E-state index in [2.05, 4.69) is 9.71 Å². The third-order valence-electron chi connectivity index (χ3n) is 5.07. The molecule has 0 radical (unpaired) electrons. The summed E-state index contributed by atoms with van der Waals surface area (Å²) in [5.41, 5.74) is 3.50. The van der Waals surface area contributed by atoms with E-state index < -0.39 is 10.0 Å². The van der Waals surface area contributed by atoms with Gasteiger partial charge in [0.25, 0.3) is 5.91 Å². The van der Waals surface area contributed by atoms with Crippen molar-refractivity contribution in [3.05, 3.63) is 45.7 Å². The molecule has 1 aromatic heterocycles. The average Bonchev–Trinajstić information content (AvgIpc) is 3.00. The number of hydrogen-bond donors (Lipinski definition) is 1. The molecular weight excluding hydrogens is 378 g/mol. The van der Waals surface area contributed by atoms with E-state index in [-0.39, 0.29) is 28.9 Å². The molecule has 0 spiro atoms. The minimum Gasteiger partial charge on any atom is -0.444 e. The predicted molar refractivity (Wildman–Crippen MR) is 108 cm³/mol. The normalized spacial score (nSPS) is 11.7. The molecule has 1 aromatic carbocycles. The van der Waals surface area contributed by atoms with Crippen molar-refractivity contribution in [3.8, 4) is 0 Å². The summed E-state index contributed by atoms with van der Waals surface area (Å²) >= 11 is 0. The van der Waals surface area contributed by atoms with Gasteiger partial charge in [0.1, 0.15) is 5.76 Å². The number of aryl methyl sites for hydroxylation is 3. The first kappa shape index (κ1) is 22.1. The standard InChI is InChI=1S/C20H29N3O4S/c1-8-23(9-2)20(24)18-16(7)27-17(22-18)11-21-28(25,26)19-14(5)12(3)10-13(4)15(19)6/h10,21H,8-9,11H2,1-7H3. The molecule has 0 aliphatic rings. The molecule has 0 aliphatic carbocycles. The highest BCUT2D eigenvalue weighted by molar-refractivity contribution is 7.89. The minimum atomic E-state index is -3.76. The fourth-order valence-corrected chi connectivity index (χ4v) is 4.78. The van der Waals surface area contributed by atoms with Gasteiger partial charge < -0.3 is 9.32 Å². The molecule has 0 atom stereocenters. The van der Waals surface area contributed by atoms with Gasteiger partial charge in [-0.15, -0.1) is 0 Å². The van der Waals surface area contributed by atoms with Gasteiger partial charge >= 0.3 is 0 Å². The molecule has 0 bridgehead atoms. The highest BCUT2D eigenvalue weighted by Crippen LogP contribution is 2.26. The van der Waals surface area contributed by atoms with Crippen LogP contribution in [-0.2, 0) is 16.6 Å². The lowest BCUT2D eigenvalue weighted by atomic mass is 10.0. The monoisotopic (exact) mass is 407 g/mol. The fourth-order valence-electron chi connectivity index (χ4n) is 3.20. The Bertz CT molecular complexity index is 963. The number of amides is 1. The van der Waals surface area contributed by atoms with Crippen LogP contribution >= 0.6 is 0 Å². The first-order valence-electron chi connectivity index (χ1n) is 9.36. The van der Waals surface area contributed by atoms with Crippen molar-refractivity contribution in [3.63, 3.8) is 0 Å². The van der Waals surface area contributed by atoms with Crippen molar-refractivity contribution < 1.29 is 17.6 Å². The number of benzene rings is 1. The average molecular weight is 408 g/mol. The molecule has 28 heavy (non-hydrogen) atoms. The second kappa shape index (κ2) is 8.45. The first-order valence-corrected chi connectivity index (χ1v) is 10.8. The number of aromatic nitrogens is 1. The van der Waals surface area contributed by atoms with Gasteiger partial charge in [0, 0.05) is 13.1 Å². The Morgan fingerprint density at radius 2 is 1.61 bits per heavy atom. The third kappa shape index (κ3) is 4.28. The van der Waals surface area contributed by atoms with Gasteiger partial charge in [0.05, 0.1) is 11.4 Å². The quantitative estimate of drug-likeness (QED) is 0.761. The van der Waals surface area contributed by atoms with Crippen LogP contribution in [0.5, 0.6) is 0 Å². The number of rotatable bonds is 7. The number of nitrogens with one attached hydrogen (secondary N) is 1. The summed E-state index contributed by atoms with van der Waals surface area (Å²) in [5.74, 6) is 0.322. The molecule has 2 aromatic rings. The zero-order valence-electron chi connectivity index (χ0n) is 17.6. The van der Waals surface area contributed by atoms with E-state index in [0.29, 0.717) is 18.8 Å². The zero-order chi connectivity index (χ0) is 21.2. The molecule has 1 amide bonds. The lowest BCUT2D eigenvalue weighted by molar-refractivity contribution is 0.0766. The summed E-state index contributed by atoms with van der Waals surface area (Å²) in [6.45, 7) is 13.8. The van der Waals surface area contributed by atoms with Gasteiger partial charge in [-0.2, -0.15) is 0 Å². The van der Waals surface area contributed by atoms with E-state index >= 15 is 0 Å². The van der Waals surface area contributed by atoms with Gasteiger partial charge in [-0.1, -0.05) is 6.07 Å². The lowest BCUT2D eigenvalue weighted by Gasteiger charge is -2.17. The van der Waals surface area contributed by atoms with E-state index in [1.54, 1.807) is 25.7 Å². The van der Waals surface area contributed by atoms with Crippen molar-refractivity contribution in [2.24, 2.45) is 0 Å². The summed E-state index contributed by atoms with van der Waals surface area (Å²) in [7, 11) is -3.76. The van der Waals surface area contributed by atoms with Crippen molar-refractivity contribution in [1.82, 2.24) is 14.6 Å². The second-order valence-corrected chi connectivity index (χ2v) is 8.61. The maximum atomic E-state index is 12.9. The Morgan fingerprint density at radius 3 is 2.11 bits per heavy atom. The van der Waals surface area contributed by atoms with Gasteiger partial charge in [0.2, 0.25) is 15.9 Å². The van der Waals surface area contributed by atoms with Crippen molar-refractivity contribution in [1.29, 1.82) is 0 Å². The number of hydrogen-bond acceptors (Lipinski definition) is 5. The maximum absolute atomic E-state index is 12.9. The number of carbonyl (C=O) groups excluding carboxylic acids is 1. The molecule has 0 aliphatic heterocycles. The Labute approximate surface area is 167 Å². The molecule has 0 fully saturated rings. The number of oxazole rings is 1. The molecule has 2 rings (SSSR count). The van der Waals surface area contributed by atoms with Crippen LogP contribution in [0, 0.1) is 34.6 Å². The molecular formula is C20H29N3O4S. The van der Waals surface area contributed by atoms with Gasteiger partial charge in [-0.25, -0.2) is 18.1 Å².